The fourth-order valence-corrected chi connectivity index (χ4v) is 3.33. The maximum absolute atomic E-state index is 12.8. The van der Waals surface area contributed by atoms with Crippen LogP contribution in [0.15, 0.2) is 30.5 Å². The maximum Gasteiger partial charge on any atom is 0.255 e. The normalized spacial score (nSPS) is 13.8. The number of aryl methyl sites for hydroxylation is 2. The predicted molar refractivity (Wildman–Crippen MR) is 92.8 cm³/mol. The summed E-state index contributed by atoms with van der Waals surface area (Å²) in [7, 11) is 1.86. The molecule has 0 radical (unpaired) electrons. The number of nitrogens with zero attached hydrogens (tertiary/aromatic N) is 6. The van der Waals surface area contributed by atoms with Gasteiger partial charge < -0.3 is 4.90 Å². The molecule has 1 amide bonds. The number of amides is 1. The Labute approximate surface area is 149 Å². The molecule has 2 aromatic heterocycles. The average molecular weight is 357 g/mol. The van der Waals surface area contributed by atoms with Crippen LogP contribution in [-0.4, -0.2) is 42.1 Å². The zero-order valence-electron chi connectivity index (χ0n) is 14.0. The van der Waals surface area contributed by atoms with E-state index in [-0.39, 0.29) is 5.91 Å². The molecule has 1 aliphatic heterocycles. The number of rotatable bonds is 2. The zero-order chi connectivity index (χ0) is 17.6. The molecule has 0 atom stereocenters. The number of carbonyl (C=O) groups is 1. The number of benzene rings is 1. The SMILES string of the molecule is Cc1cccc(C(=O)N2CCc3c(nnn3-c3ccnn3C)C2)c1Cl. The van der Waals surface area contributed by atoms with Gasteiger partial charge in [0.05, 0.1) is 29.0 Å². The van der Waals surface area contributed by atoms with Crippen molar-refractivity contribution >= 4 is 17.5 Å². The summed E-state index contributed by atoms with van der Waals surface area (Å²) in [5.41, 5.74) is 3.25. The number of carbonyl (C=O) groups excluding carboxylic acids is 1. The first-order valence-electron chi connectivity index (χ1n) is 8.02. The highest BCUT2D eigenvalue weighted by Gasteiger charge is 2.28. The van der Waals surface area contributed by atoms with Gasteiger partial charge in [-0.05, 0) is 18.6 Å². The lowest BCUT2D eigenvalue weighted by Gasteiger charge is -2.27. The Kier molecular flexibility index (Phi) is 3.80. The first-order valence-corrected chi connectivity index (χ1v) is 8.40. The van der Waals surface area contributed by atoms with Crippen LogP contribution in [0.3, 0.4) is 0 Å². The number of hydrogen-bond acceptors (Lipinski definition) is 4. The van der Waals surface area contributed by atoms with E-state index in [0.717, 1.165) is 22.8 Å². The summed E-state index contributed by atoms with van der Waals surface area (Å²) in [6.45, 7) is 2.92. The van der Waals surface area contributed by atoms with Crippen molar-refractivity contribution in [3.8, 4) is 5.82 Å². The minimum absolute atomic E-state index is 0.0746. The molecule has 1 aliphatic rings. The molecule has 128 valence electrons. The Morgan fingerprint density at radius 1 is 1.28 bits per heavy atom. The van der Waals surface area contributed by atoms with Crippen molar-refractivity contribution in [2.24, 2.45) is 7.05 Å². The van der Waals surface area contributed by atoms with Crippen molar-refractivity contribution in [2.45, 2.75) is 19.9 Å². The molecule has 25 heavy (non-hydrogen) atoms. The van der Waals surface area contributed by atoms with Gasteiger partial charge in [0.2, 0.25) is 0 Å². The fraction of sp³-hybridized carbons (Fsp3) is 0.294. The lowest BCUT2D eigenvalue weighted by Crippen LogP contribution is -2.36. The number of halogens is 1. The van der Waals surface area contributed by atoms with Gasteiger partial charge in [-0.25, -0.2) is 0 Å². The molecule has 3 aromatic rings. The third kappa shape index (κ3) is 2.60. The summed E-state index contributed by atoms with van der Waals surface area (Å²) in [5, 5.41) is 13.2. The van der Waals surface area contributed by atoms with Crippen LogP contribution in [0, 0.1) is 6.92 Å². The minimum Gasteiger partial charge on any atom is -0.332 e. The van der Waals surface area contributed by atoms with Gasteiger partial charge >= 0.3 is 0 Å². The lowest BCUT2D eigenvalue weighted by molar-refractivity contribution is 0.0731. The standard InChI is InChI=1S/C17H17ClN6O/c1-11-4-3-5-12(16(11)18)17(25)23-9-7-14-13(10-23)20-21-24(14)15-6-8-19-22(15)2/h3-6,8H,7,9-10H2,1-2H3. The van der Waals surface area contributed by atoms with Crippen LogP contribution in [-0.2, 0) is 20.0 Å². The van der Waals surface area contributed by atoms with Gasteiger partial charge in [-0.3, -0.25) is 9.48 Å². The number of fused-ring (bicyclic) bond motifs is 1. The highest BCUT2D eigenvalue weighted by molar-refractivity contribution is 6.34. The van der Waals surface area contributed by atoms with Crippen molar-refractivity contribution in [2.75, 3.05) is 6.54 Å². The van der Waals surface area contributed by atoms with Crippen molar-refractivity contribution < 1.29 is 4.79 Å². The van der Waals surface area contributed by atoms with E-state index in [1.165, 1.54) is 0 Å². The first kappa shape index (κ1) is 15.8. The van der Waals surface area contributed by atoms with E-state index in [1.54, 1.807) is 26.5 Å². The van der Waals surface area contributed by atoms with Crippen molar-refractivity contribution in [1.82, 2.24) is 29.7 Å². The Bertz CT molecular complexity index is 960. The summed E-state index contributed by atoms with van der Waals surface area (Å²) >= 11 is 6.31. The van der Waals surface area contributed by atoms with E-state index in [1.807, 2.05) is 32.2 Å². The average Bonchev–Trinajstić information content (AvgIpc) is 3.21. The molecule has 0 aliphatic carbocycles. The van der Waals surface area contributed by atoms with Crippen LogP contribution in [0.5, 0.6) is 0 Å². The second-order valence-corrected chi connectivity index (χ2v) is 6.50. The predicted octanol–water partition coefficient (Wildman–Crippen LogP) is 2.16. The van der Waals surface area contributed by atoms with Gasteiger partial charge in [0.1, 0.15) is 5.69 Å². The van der Waals surface area contributed by atoms with E-state index >= 15 is 0 Å². The van der Waals surface area contributed by atoms with Gasteiger partial charge in [-0.2, -0.15) is 9.78 Å². The van der Waals surface area contributed by atoms with E-state index in [0.29, 0.717) is 30.1 Å². The molecule has 0 saturated heterocycles. The molecule has 7 nitrogen and oxygen atoms in total. The van der Waals surface area contributed by atoms with Crippen molar-refractivity contribution in [1.29, 1.82) is 0 Å². The quantitative estimate of drug-likeness (QED) is 0.705. The van der Waals surface area contributed by atoms with Gasteiger partial charge in [-0.1, -0.05) is 28.9 Å². The van der Waals surface area contributed by atoms with E-state index < -0.39 is 0 Å². The molecular weight excluding hydrogens is 340 g/mol. The number of aromatic nitrogens is 5. The smallest absolute Gasteiger partial charge is 0.255 e. The summed E-state index contributed by atoms with van der Waals surface area (Å²) in [6, 6.07) is 7.40. The molecule has 0 fully saturated rings. The van der Waals surface area contributed by atoms with E-state index in [4.69, 9.17) is 11.6 Å². The van der Waals surface area contributed by atoms with Gasteiger partial charge in [-0.15, -0.1) is 5.10 Å². The molecule has 3 heterocycles. The second-order valence-electron chi connectivity index (χ2n) is 6.12. The van der Waals surface area contributed by atoms with Crippen LogP contribution in [0.2, 0.25) is 5.02 Å². The third-order valence-electron chi connectivity index (χ3n) is 4.52. The van der Waals surface area contributed by atoms with Crippen molar-refractivity contribution in [3.05, 3.63) is 58.0 Å². The second kappa shape index (κ2) is 6.00. The molecule has 0 saturated carbocycles. The summed E-state index contributed by atoms with van der Waals surface area (Å²) < 4.78 is 3.54. The van der Waals surface area contributed by atoms with Crippen LogP contribution >= 0.6 is 11.6 Å². The van der Waals surface area contributed by atoms with Gasteiger partial charge in [0.15, 0.2) is 5.82 Å². The monoisotopic (exact) mass is 356 g/mol. The Balaban J connectivity index is 1.62. The van der Waals surface area contributed by atoms with Crippen LogP contribution < -0.4 is 0 Å². The first-order chi connectivity index (χ1) is 12.1. The Hall–Kier alpha value is -2.67. The molecule has 0 spiro atoms. The molecule has 0 N–H and O–H groups in total. The molecule has 8 heteroatoms. The van der Waals surface area contributed by atoms with E-state index in [2.05, 4.69) is 15.4 Å². The lowest BCUT2D eigenvalue weighted by atomic mass is 10.1. The topological polar surface area (TPSA) is 68.8 Å². The molecule has 0 unspecified atom stereocenters. The van der Waals surface area contributed by atoms with Gasteiger partial charge in [0.25, 0.3) is 5.91 Å². The molecular formula is C17H17ClN6O. The van der Waals surface area contributed by atoms with Crippen LogP contribution in [0.25, 0.3) is 5.82 Å². The Morgan fingerprint density at radius 3 is 2.88 bits per heavy atom. The van der Waals surface area contributed by atoms with Crippen molar-refractivity contribution in [3.63, 3.8) is 0 Å². The Morgan fingerprint density at radius 2 is 2.12 bits per heavy atom. The minimum atomic E-state index is -0.0746. The summed E-state index contributed by atoms with van der Waals surface area (Å²) in [4.78, 5) is 14.6. The maximum atomic E-state index is 12.8. The molecule has 0 bridgehead atoms. The van der Waals surface area contributed by atoms with E-state index in [9.17, 15) is 4.79 Å². The molecule has 4 rings (SSSR count). The highest BCUT2D eigenvalue weighted by Crippen LogP contribution is 2.25. The molecule has 1 aromatic carbocycles. The van der Waals surface area contributed by atoms with Crippen LogP contribution in [0.1, 0.15) is 27.3 Å². The largest absolute Gasteiger partial charge is 0.332 e. The third-order valence-corrected chi connectivity index (χ3v) is 5.03. The fourth-order valence-electron chi connectivity index (χ4n) is 3.12. The highest BCUT2D eigenvalue weighted by atomic mass is 35.5. The number of hydrogen-bond donors (Lipinski definition) is 0. The summed E-state index contributed by atoms with van der Waals surface area (Å²) in [6.07, 6.45) is 2.41. The summed E-state index contributed by atoms with van der Waals surface area (Å²) in [5.74, 6) is 0.782. The van der Waals surface area contributed by atoms with Crippen LogP contribution in [0.4, 0.5) is 0 Å². The van der Waals surface area contributed by atoms with Gasteiger partial charge in [0, 0.05) is 26.1 Å². The zero-order valence-corrected chi connectivity index (χ0v) is 14.7.